The molecule has 6 aromatic carbocycles. The summed E-state index contributed by atoms with van der Waals surface area (Å²) in [4.78, 5) is 0. The monoisotopic (exact) mass is 1050 g/mol. The molecule has 0 saturated heterocycles. The molecule has 59 heavy (non-hydrogen) atoms. The van der Waals surface area contributed by atoms with Crippen LogP contribution < -0.4 is 11.0 Å². The summed E-state index contributed by atoms with van der Waals surface area (Å²) < 4.78 is 53.9. The number of anilines is 4. The first kappa shape index (κ1) is 39.5. The van der Waals surface area contributed by atoms with E-state index in [1.165, 1.54) is 90.9 Å². The van der Waals surface area contributed by atoms with Crippen molar-refractivity contribution in [3.63, 3.8) is 0 Å². The molecule has 0 unspecified atom stereocenters. The molecule has 10 rings (SSSR count). The van der Waals surface area contributed by atoms with Gasteiger partial charge in [0.15, 0.2) is 5.75 Å². The van der Waals surface area contributed by atoms with Crippen molar-refractivity contribution in [1.82, 2.24) is 0 Å². The lowest BCUT2D eigenvalue weighted by Gasteiger charge is -2.30. The number of hydrogen-bond donors (Lipinski definition) is 0. The Morgan fingerprint density at radius 3 is 1.71 bits per heavy atom. The molecular weight excluding hydrogens is 1010 g/mol. The van der Waals surface area contributed by atoms with Gasteiger partial charge >= 0.3 is 6.36 Å². The number of hydrogen-bond acceptors (Lipinski definition) is 5. The van der Waals surface area contributed by atoms with Crippen LogP contribution in [-0.4, -0.2) is 6.36 Å². The van der Waals surface area contributed by atoms with E-state index in [4.69, 9.17) is 0 Å². The second kappa shape index (κ2) is 16.4. The maximum Gasteiger partial charge on any atom is 0.573 e. The summed E-state index contributed by atoms with van der Waals surface area (Å²) in [6, 6.07) is 41.9. The van der Waals surface area contributed by atoms with Gasteiger partial charge in [0.25, 0.3) is 0 Å². The van der Waals surface area contributed by atoms with E-state index in [1.54, 1.807) is 38.2 Å². The largest absolute Gasteiger partial charge is 0.573 e. The Morgan fingerprint density at radius 2 is 1.03 bits per heavy atom. The molecule has 2 aliphatic rings. The minimum absolute atomic E-state index is 0.223. The summed E-state index contributed by atoms with van der Waals surface area (Å²) in [5.74, 6) is 1.32. The van der Waals surface area contributed by atoms with E-state index in [-0.39, 0.29) is 5.75 Å². The molecule has 2 heterocycles. The Kier molecular flexibility index (Phi) is 11.0. The van der Waals surface area contributed by atoms with Gasteiger partial charge in [0.2, 0.25) is 0 Å². The van der Waals surface area contributed by atoms with Crippen molar-refractivity contribution in [2.75, 3.05) is 6.23 Å². The third kappa shape index (κ3) is 7.58. The molecular formula is C49H41F3I2N2OS2. The summed E-state index contributed by atoms with van der Waals surface area (Å²) in [7, 11) is 0. The number of benzene rings is 6. The van der Waals surface area contributed by atoms with Crippen LogP contribution in [0.4, 0.5) is 35.9 Å². The molecule has 0 amide bonds. The summed E-state index contributed by atoms with van der Waals surface area (Å²) in [5.41, 5.74) is 8.03. The third-order valence-electron chi connectivity index (χ3n) is 12.6. The van der Waals surface area contributed by atoms with E-state index in [9.17, 15) is 13.2 Å². The molecule has 2 saturated carbocycles. The van der Waals surface area contributed by atoms with Crippen LogP contribution >= 0.6 is 68.4 Å². The topological polar surface area (TPSA) is 15.7 Å². The summed E-state index contributed by atoms with van der Waals surface area (Å²) in [6.07, 6.45) is 6.23. The lowest BCUT2D eigenvalue weighted by molar-refractivity contribution is -0.274. The fourth-order valence-corrected chi connectivity index (χ4v) is 14.3. The van der Waals surface area contributed by atoms with Crippen LogP contribution in [-0.2, 0) is 0 Å². The third-order valence-corrected chi connectivity index (χ3v) is 17.3. The van der Waals surface area contributed by atoms with Crippen molar-refractivity contribution in [3.05, 3.63) is 138 Å². The average Bonchev–Trinajstić information content (AvgIpc) is 3.85. The predicted octanol–water partition coefficient (Wildman–Crippen LogP) is 17.8. The fourth-order valence-electron chi connectivity index (χ4n) is 9.74. The van der Waals surface area contributed by atoms with Crippen LogP contribution in [0.3, 0.4) is 0 Å². The minimum atomic E-state index is -4.78. The molecule has 0 atom stereocenters. The van der Waals surface area contributed by atoms with E-state index < -0.39 is 6.36 Å². The fraction of sp³-hybridized carbons (Fsp3) is 0.265. The standard InChI is InChI=1S/C49H41F3I2N2OS2/c50-49(51,52)57-44-23-8-7-21-41(44)56(54)42-22-11-20-38-37-18-9-17-36(45(37)58-47(38)42)32-26-24-30(25-27-32)33-28-40-39-19-10-16-35(31-12-3-1-4-13-31)46(39)59-48(40)43(29-33)55(53)34-14-5-2-6-15-34/h2,5-11,14-23,28-32H,1,3-4,12-13,24-27H2. The number of thiophene rings is 2. The van der Waals surface area contributed by atoms with Crippen molar-refractivity contribution in [2.24, 2.45) is 0 Å². The zero-order valence-corrected chi connectivity index (χ0v) is 38.1. The van der Waals surface area contributed by atoms with E-state index in [0.29, 0.717) is 23.4 Å². The van der Waals surface area contributed by atoms with E-state index in [0.717, 1.165) is 41.5 Å². The molecule has 8 aromatic rings. The lowest BCUT2D eigenvalue weighted by atomic mass is 9.75. The van der Waals surface area contributed by atoms with Crippen LogP contribution in [0, 0.1) is 0 Å². The molecule has 0 radical (unpaired) electrons. The van der Waals surface area contributed by atoms with Crippen LogP contribution in [0.15, 0.2) is 121 Å². The van der Waals surface area contributed by atoms with Gasteiger partial charge in [-0.25, -0.2) is 0 Å². The number of rotatable bonds is 8. The van der Waals surface area contributed by atoms with Gasteiger partial charge in [-0.05, 0) is 115 Å². The van der Waals surface area contributed by atoms with Gasteiger partial charge in [0.1, 0.15) is 0 Å². The van der Waals surface area contributed by atoms with Gasteiger partial charge in [-0.15, -0.1) is 35.8 Å². The number of para-hydroxylation sites is 3. The van der Waals surface area contributed by atoms with Crippen LogP contribution in [0.2, 0.25) is 0 Å². The average molecular weight is 1050 g/mol. The first-order chi connectivity index (χ1) is 28.7. The summed E-state index contributed by atoms with van der Waals surface area (Å²) >= 11 is 8.36. The van der Waals surface area contributed by atoms with Gasteiger partial charge in [-0.3, -0.25) is 6.23 Å². The Labute approximate surface area is 378 Å². The van der Waals surface area contributed by atoms with Gasteiger partial charge < -0.3 is 4.74 Å². The number of fused-ring (bicyclic) bond motifs is 6. The van der Waals surface area contributed by atoms with Gasteiger partial charge in [0.05, 0.1) is 77.9 Å². The number of ether oxygens (including phenoxy) is 1. The molecule has 2 aliphatic carbocycles. The molecule has 2 fully saturated rings. The van der Waals surface area contributed by atoms with E-state index >= 15 is 0 Å². The molecule has 0 bridgehead atoms. The molecule has 0 aliphatic heterocycles. The highest BCUT2D eigenvalue weighted by molar-refractivity contribution is 14.1. The Morgan fingerprint density at radius 1 is 0.492 bits per heavy atom. The quantitative estimate of drug-likeness (QED) is 0.111. The molecule has 2 aromatic heterocycles. The van der Waals surface area contributed by atoms with Crippen LogP contribution in [0.5, 0.6) is 5.75 Å². The normalized spacial score (nSPS) is 17.9. The van der Waals surface area contributed by atoms with E-state index in [1.807, 2.05) is 23.5 Å². The van der Waals surface area contributed by atoms with Crippen molar-refractivity contribution < 1.29 is 17.9 Å². The van der Waals surface area contributed by atoms with Gasteiger partial charge in [-0.1, -0.05) is 98.1 Å². The zero-order valence-electron chi connectivity index (χ0n) is 32.2. The van der Waals surface area contributed by atoms with Crippen LogP contribution in [0.25, 0.3) is 40.3 Å². The van der Waals surface area contributed by atoms with Gasteiger partial charge in [0, 0.05) is 30.9 Å². The zero-order chi connectivity index (χ0) is 40.3. The van der Waals surface area contributed by atoms with Crippen molar-refractivity contribution in [3.8, 4) is 5.75 Å². The maximum absolute atomic E-state index is 13.4. The van der Waals surface area contributed by atoms with Crippen molar-refractivity contribution in [2.45, 2.75) is 81.9 Å². The minimum Gasteiger partial charge on any atom is -0.404 e. The van der Waals surface area contributed by atoms with Crippen LogP contribution in [0.1, 0.15) is 92.2 Å². The first-order valence-corrected chi connectivity index (χ1v) is 24.0. The molecule has 3 nitrogen and oxygen atoms in total. The van der Waals surface area contributed by atoms with Gasteiger partial charge in [-0.2, -0.15) is 0 Å². The number of alkyl halides is 3. The Hall–Kier alpha value is -3.59. The molecule has 0 spiro atoms. The number of nitrogens with zero attached hydrogens (tertiary/aromatic N) is 2. The highest BCUT2D eigenvalue weighted by atomic mass is 127. The maximum atomic E-state index is 13.4. The van der Waals surface area contributed by atoms with E-state index in [2.05, 4.69) is 139 Å². The molecule has 10 heteroatoms. The molecule has 300 valence electrons. The predicted molar refractivity (Wildman–Crippen MR) is 260 cm³/mol. The first-order valence-electron chi connectivity index (χ1n) is 20.5. The second-order valence-corrected chi connectivity index (χ2v) is 20.0. The summed E-state index contributed by atoms with van der Waals surface area (Å²) in [6.45, 7) is 0. The molecule has 0 N–H and O–H groups in total. The Bertz CT molecular complexity index is 2810. The Balaban J connectivity index is 0.981. The lowest BCUT2D eigenvalue weighted by Crippen LogP contribution is -2.18. The smallest absolute Gasteiger partial charge is 0.404 e. The van der Waals surface area contributed by atoms with Crippen molar-refractivity contribution in [1.29, 1.82) is 0 Å². The second-order valence-electron chi connectivity index (χ2n) is 16.0. The SMILES string of the molecule is FC(F)(F)Oc1ccccc1N(I)c1cccc2c1sc1c(C3CCC(c4cc(N(I)c5ccccc5)c5sc6c(C7CCCCC7)cccc6c5c4)CC3)cccc12. The van der Waals surface area contributed by atoms with Crippen molar-refractivity contribution >= 4 is 131 Å². The summed E-state index contributed by atoms with van der Waals surface area (Å²) in [5, 5.41) is 5.11. The number of halogens is 5. The highest BCUT2D eigenvalue weighted by Crippen LogP contribution is 2.52. The highest BCUT2D eigenvalue weighted by Gasteiger charge is 2.33.